The molecule has 0 bridgehead atoms. The average molecular weight is 356 g/mol. The maximum atomic E-state index is 8.74. The van der Waals surface area contributed by atoms with E-state index in [1.807, 2.05) is 0 Å². The predicted octanol–water partition coefficient (Wildman–Crippen LogP) is -4.36. The first-order valence-corrected chi connectivity index (χ1v) is 1.95. The van der Waals surface area contributed by atoms with E-state index < -0.39 is 9.17 Å². The van der Waals surface area contributed by atoms with Crippen molar-refractivity contribution in [2.45, 2.75) is 0 Å². The molecule has 0 atom stereocenters. The molecule has 2 N–H and O–H groups in total. The summed E-state index contributed by atoms with van der Waals surface area (Å²) in [6.07, 6.45) is 0. The molecule has 0 saturated carbocycles. The van der Waals surface area contributed by atoms with Crippen LogP contribution >= 0.6 is 0 Å². The van der Waals surface area contributed by atoms with Crippen LogP contribution in [0.15, 0.2) is 0 Å². The zero-order valence-electron chi connectivity index (χ0n) is 2.51. The standard InChI is InChI=1S/Ca.Mg.H2O3Si.Pb.6H/c;;1-4(2)3;;;;;;;/h;;1-2H;;;;;;;. The Hall–Kier alpha value is 2.56. The van der Waals surface area contributed by atoms with Crippen LogP contribution in [0.4, 0.5) is 0 Å². The average Bonchev–Trinajstić information content (AvgIpc) is 0.811. The third-order valence-corrected chi connectivity index (χ3v) is 0. The summed E-state index contributed by atoms with van der Waals surface area (Å²) in [6.45, 7) is 0. The van der Waals surface area contributed by atoms with Crippen LogP contribution in [-0.2, 0) is 4.46 Å². The molecule has 0 amide bonds. The molecule has 0 aromatic carbocycles. The van der Waals surface area contributed by atoms with E-state index in [1.54, 1.807) is 0 Å². The van der Waals surface area contributed by atoms with E-state index in [2.05, 4.69) is 0 Å². The van der Waals surface area contributed by atoms with Gasteiger partial charge < -0.3 is 9.59 Å². The van der Waals surface area contributed by atoms with Gasteiger partial charge in [0.05, 0.1) is 0 Å². The molecule has 7 heavy (non-hydrogen) atoms. The van der Waals surface area contributed by atoms with Gasteiger partial charge in [-0.1, -0.05) is 0 Å². The Bertz CT molecular complexity index is 37.9. The second-order valence-corrected chi connectivity index (χ2v) is 0.848. The molecule has 0 saturated heterocycles. The molecule has 0 spiro atoms. The molecular weight excluding hydrogens is 348 g/mol. The SMILES string of the molecule is O=[Si](O)O.[CaH2].[MgH2].[PbH2]. The van der Waals surface area contributed by atoms with Crippen LogP contribution in [0.5, 0.6) is 0 Å². The van der Waals surface area contributed by atoms with Crippen molar-refractivity contribution >= 4 is 97.3 Å². The molecule has 7 heteroatoms. The summed E-state index contributed by atoms with van der Waals surface area (Å²) < 4.78 is 8.74. The van der Waals surface area contributed by atoms with Crippen molar-refractivity contribution in [1.29, 1.82) is 0 Å². The van der Waals surface area contributed by atoms with Crippen molar-refractivity contribution in [3.63, 3.8) is 0 Å². The van der Waals surface area contributed by atoms with Gasteiger partial charge in [0.15, 0.2) is 0 Å². The van der Waals surface area contributed by atoms with Crippen LogP contribution in [-0.4, -0.2) is 107 Å². The summed E-state index contributed by atoms with van der Waals surface area (Å²) in [4.78, 5) is 14.3. The van der Waals surface area contributed by atoms with Gasteiger partial charge in [0, 0.05) is 0 Å². The van der Waals surface area contributed by atoms with E-state index in [0.29, 0.717) is 0 Å². The molecule has 0 heterocycles. The molecular formula is H8CaMgO3PbSi. The second-order valence-electron chi connectivity index (χ2n) is 0.283. The molecule has 0 aromatic rings. The Labute approximate surface area is 109 Å². The van der Waals surface area contributed by atoms with Gasteiger partial charge in [-0.25, -0.2) is 0 Å². The van der Waals surface area contributed by atoms with Crippen molar-refractivity contribution in [2.24, 2.45) is 0 Å². The Morgan fingerprint density at radius 3 is 1.29 bits per heavy atom. The molecule has 2 radical (unpaired) electrons. The summed E-state index contributed by atoms with van der Waals surface area (Å²) >= 11 is 0. The second kappa shape index (κ2) is 15.8. The number of rotatable bonds is 0. The van der Waals surface area contributed by atoms with Crippen LogP contribution in [0, 0.1) is 0 Å². The third kappa shape index (κ3) is 56.1. The van der Waals surface area contributed by atoms with E-state index >= 15 is 0 Å². The van der Waals surface area contributed by atoms with Crippen molar-refractivity contribution in [3.8, 4) is 0 Å². The van der Waals surface area contributed by atoms with E-state index in [-0.39, 0.29) is 88.1 Å². The van der Waals surface area contributed by atoms with Crippen LogP contribution in [0.2, 0.25) is 0 Å². The Kier molecular flexibility index (Phi) is 51.2. The van der Waals surface area contributed by atoms with E-state index in [9.17, 15) is 0 Å². The van der Waals surface area contributed by atoms with Crippen LogP contribution in [0.3, 0.4) is 0 Å². The van der Waals surface area contributed by atoms with Gasteiger partial charge in [-0.15, -0.1) is 0 Å². The summed E-state index contributed by atoms with van der Waals surface area (Å²) in [5.74, 6) is 0. The summed E-state index contributed by atoms with van der Waals surface area (Å²) in [5.41, 5.74) is 0. The quantitative estimate of drug-likeness (QED) is 0.432. The van der Waals surface area contributed by atoms with Crippen LogP contribution in [0.1, 0.15) is 0 Å². The predicted molar refractivity (Wildman–Crippen MR) is 36.5 cm³/mol. The zero-order valence-corrected chi connectivity index (χ0v) is 9.01. The minimum atomic E-state index is -3.13. The topological polar surface area (TPSA) is 57.5 Å². The molecule has 0 aliphatic rings. The first-order chi connectivity index (χ1) is 1.73. The van der Waals surface area contributed by atoms with Gasteiger partial charge >= 0.3 is 97.3 Å². The maximum absolute atomic E-state index is 8.74. The fraction of sp³-hybridized carbons (Fsp3) is 0. The molecule has 0 aromatic heterocycles. The third-order valence-electron chi connectivity index (χ3n) is 0. The molecule has 38 valence electrons. The van der Waals surface area contributed by atoms with E-state index in [0.717, 1.165) is 0 Å². The number of hydrogen-bond donors (Lipinski definition) is 2. The molecule has 0 fully saturated rings. The van der Waals surface area contributed by atoms with Crippen molar-refractivity contribution < 1.29 is 14.1 Å². The zero-order chi connectivity index (χ0) is 3.58. The first kappa shape index (κ1) is 22.7. The van der Waals surface area contributed by atoms with Gasteiger partial charge in [0.25, 0.3) is 0 Å². The first-order valence-electron chi connectivity index (χ1n) is 0.651. The molecule has 0 aliphatic carbocycles. The van der Waals surface area contributed by atoms with Crippen LogP contribution in [0.25, 0.3) is 0 Å². The Balaban J connectivity index is -0.0000000150. The Morgan fingerprint density at radius 2 is 1.29 bits per heavy atom. The van der Waals surface area contributed by atoms with Gasteiger partial charge in [-0.3, -0.25) is 4.46 Å². The summed E-state index contributed by atoms with van der Waals surface area (Å²) in [5, 5.41) is 0. The number of hydrogen-bond acceptors (Lipinski definition) is 1. The normalized spacial score (nSPS) is 3.43. The monoisotopic (exact) mass is 356 g/mol. The van der Waals surface area contributed by atoms with Gasteiger partial charge in [-0.2, -0.15) is 0 Å². The fourth-order valence-corrected chi connectivity index (χ4v) is 0. The molecule has 0 rings (SSSR count). The van der Waals surface area contributed by atoms with Crippen molar-refractivity contribution in [1.82, 2.24) is 0 Å². The molecule has 0 unspecified atom stereocenters. The van der Waals surface area contributed by atoms with Crippen molar-refractivity contribution in [3.05, 3.63) is 0 Å². The Morgan fingerprint density at radius 1 is 1.29 bits per heavy atom. The van der Waals surface area contributed by atoms with Gasteiger partial charge in [-0.05, 0) is 0 Å². The fourth-order valence-electron chi connectivity index (χ4n) is 0. The van der Waals surface area contributed by atoms with Gasteiger partial charge in [0.2, 0.25) is 0 Å². The molecule has 3 nitrogen and oxygen atoms in total. The summed E-state index contributed by atoms with van der Waals surface area (Å²) in [7, 11) is -3.13. The van der Waals surface area contributed by atoms with Crippen LogP contribution < -0.4 is 0 Å². The van der Waals surface area contributed by atoms with E-state index in [4.69, 9.17) is 14.1 Å². The molecule has 0 aliphatic heterocycles. The van der Waals surface area contributed by atoms with Crippen molar-refractivity contribution in [2.75, 3.05) is 0 Å². The van der Waals surface area contributed by atoms with E-state index in [1.165, 1.54) is 0 Å². The minimum absolute atomic E-state index is 0. The summed E-state index contributed by atoms with van der Waals surface area (Å²) in [6, 6.07) is 0. The van der Waals surface area contributed by atoms with Gasteiger partial charge in [0.1, 0.15) is 0 Å².